The van der Waals surface area contributed by atoms with Crippen LogP contribution in [-0.4, -0.2) is 46.3 Å². The number of aromatic nitrogens is 2. The fourth-order valence-electron chi connectivity index (χ4n) is 3.68. The molecule has 1 unspecified atom stereocenters. The third-order valence-electron chi connectivity index (χ3n) is 5.01. The second-order valence-corrected chi connectivity index (χ2v) is 6.33. The minimum Gasteiger partial charge on any atom is -0.337 e. The lowest BCUT2D eigenvalue weighted by atomic mass is 9.88. The highest BCUT2D eigenvalue weighted by Gasteiger charge is 2.30. The molecule has 1 amide bonds. The highest BCUT2D eigenvalue weighted by Crippen LogP contribution is 2.26. The molecule has 0 aliphatic carbocycles. The van der Waals surface area contributed by atoms with Gasteiger partial charge in [-0.3, -0.25) is 9.48 Å². The van der Waals surface area contributed by atoms with Crippen molar-refractivity contribution in [3.63, 3.8) is 0 Å². The molecule has 0 spiro atoms. The van der Waals surface area contributed by atoms with E-state index in [-0.39, 0.29) is 5.91 Å². The van der Waals surface area contributed by atoms with Gasteiger partial charge in [0.2, 0.25) is 0 Å². The maximum atomic E-state index is 12.6. The molecule has 2 saturated heterocycles. The summed E-state index contributed by atoms with van der Waals surface area (Å²) in [6, 6.07) is 2.62. The van der Waals surface area contributed by atoms with Gasteiger partial charge < -0.3 is 10.2 Å². The maximum absolute atomic E-state index is 12.6. The summed E-state index contributed by atoms with van der Waals surface area (Å²) in [6.45, 7) is 5.00. The van der Waals surface area contributed by atoms with Gasteiger partial charge in [0, 0.05) is 26.2 Å². The Kier molecular flexibility index (Phi) is 4.29. The summed E-state index contributed by atoms with van der Waals surface area (Å²) >= 11 is 0. The Labute approximate surface area is 126 Å². The summed E-state index contributed by atoms with van der Waals surface area (Å²) in [5.41, 5.74) is 1.72. The predicted molar refractivity (Wildman–Crippen MR) is 82.2 cm³/mol. The van der Waals surface area contributed by atoms with Crippen LogP contribution in [-0.2, 0) is 13.5 Å². The highest BCUT2D eigenvalue weighted by atomic mass is 16.2. The van der Waals surface area contributed by atoms with Gasteiger partial charge in [0.05, 0.1) is 5.69 Å². The second kappa shape index (κ2) is 6.18. The fourth-order valence-corrected chi connectivity index (χ4v) is 3.68. The van der Waals surface area contributed by atoms with Crippen molar-refractivity contribution in [3.8, 4) is 0 Å². The van der Waals surface area contributed by atoms with Gasteiger partial charge in [-0.15, -0.1) is 0 Å². The lowest BCUT2D eigenvalue weighted by Crippen LogP contribution is -2.43. The Bertz CT molecular complexity index is 496. The van der Waals surface area contributed by atoms with Gasteiger partial charge in [0.15, 0.2) is 0 Å². The molecule has 116 valence electrons. The second-order valence-electron chi connectivity index (χ2n) is 6.33. The van der Waals surface area contributed by atoms with Crippen LogP contribution in [0, 0.1) is 5.92 Å². The molecule has 0 saturated carbocycles. The summed E-state index contributed by atoms with van der Waals surface area (Å²) < 4.78 is 1.73. The Morgan fingerprint density at radius 1 is 1.38 bits per heavy atom. The molecule has 1 aromatic heterocycles. The third kappa shape index (κ3) is 2.98. The summed E-state index contributed by atoms with van der Waals surface area (Å²) in [6.07, 6.45) is 5.74. The Balaban J connectivity index is 1.60. The van der Waals surface area contributed by atoms with E-state index < -0.39 is 0 Å². The standard InChI is InChI=1S/C16H26N4O/c1-3-13-11-15(19(2)18-13)16(21)20-9-6-12(7-10-20)14-5-4-8-17-14/h11-12,14,17H,3-10H2,1-2H3. The number of amides is 1. The van der Waals surface area contributed by atoms with Crippen LogP contribution >= 0.6 is 0 Å². The first kappa shape index (κ1) is 14.6. The number of likely N-dealkylation sites (tertiary alicyclic amines) is 1. The molecule has 0 radical (unpaired) electrons. The van der Waals surface area contributed by atoms with Gasteiger partial charge in [-0.1, -0.05) is 6.92 Å². The van der Waals surface area contributed by atoms with Crippen molar-refractivity contribution < 1.29 is 4.79 Å². The SMILES string of the molecule is CCc1cc(C(=O)N2CCC(C3CCCN3)CC2)n(C)n1. The largest absolute Gasteiger partial charge is 0.337 e. The Morgan fingerprint density at radius 2 is 2.14 bits per heavy atom. The van der Waals surface area contributed by atoms with Crippen LogP contribution in [0.25, 0.3) is 0 Å². The molecule has 0 bridgehead atoms. The van der Waals surface area contributed by atoms with Crippen molar-refractivity contribution in [3.05, 3.63) is 17.5 Å². The number of piperidine rings is 1. The summed E-state index contributed by atoms with van der Waals surface area (Å²) in [4.78, 5) is 14.6. The number of rotatable bonds is 3. The van der Waals surface area contributed by atoms with Gasteiger partial charge in [-0.05, 0) is 50.6 Å². The molecule has 1 atom stereocenters. The van der Waals surface area contributed by atoms with Gasteiger partial charge >= 0.3 is 0 Å². The molecule has 21 heavy (non-hydrogen) atoms. The van der Waals surface area contributed by atoms with E-state index >= 15 is 0 Å². The lowest BCUT2D eigenvalue weighted by Gasteiger charge is -2.34. The fraction of sp³-hybridized carbons (Fsp3) is 0.750. The number of hydrogen-bond acceptors (Lipinski definition) is 3. The van der Waals surface area contributed by atoms with Crippen LogP contribution in [0.1, 0.15) is 48.8 Å². The number of hydrogen-bond donors (Lipinski definition) is 1. The molecule has 1 aromatic rings. The lowest BCUT2D eigenvalue weighted by molar-refractivity contribution is 0.0663. The summed E-state index contributed by atoms with van der Waals surface area (Å²) in [7, 11) is 1.86. The van der Waals surface area contributed by atoms with Crippen molar-refractivity contribution in [1.82, 2.24) is 20.0 Å². The quantitative estimate of drug-likeness (QED) is 0.919. The van der Waals surface area contributed by atoms with E-state index in [0.717, 1.165) is 49.7 Å². The Hall–Kier alpha value is -1.36. The zero-order valence-corrected chi connectivity index (χ0v) is 13.1. The van der Waals surface area contributed by atoms with E-state index in [1.165, 1.54) is 19.4 Å². The average Bonchev–Trinajstić information content (AvgIpc) is 3.16. The van der Waals surface area contributed by atoms with Crippen LogP contribution in [0.15, 0.2) is 6.07 Å². The van der Waals surface area contributed by atoms with E-state index in [2.05, 4.69) is 17.3 Å². The number of nitrogens with one attached hydrogen (secondary N) is 1. The minimum absolute atomic E-state index is 0.141. The maximum Gasteiger partial charge on any atom is 0.272 e. The van der Waals surface area contributed by atoms with E-state index in [9.17, 15) is 4.79 Å². The molecule has 3 rings (SSSR count). The monoisotopic (exact) mass is 290 g/mol. The first-order valence-electron chi connectivity index (χ1n) is 8.24. The minimum atomic E-state index is 0.141. The summed E-state index contributed by atoms with van der Waals surface area (Å²) in [5.74, 6) is 0.886. The van der Waals surface area contributed by atoms with Crippen molar-refractivity contribution in [2.75, 3.05) is 19.6 Å². The first-order chi connectivity index (χ1) is 10.2. The van der Waals surface area contributed by atoms with Crippen LogP contribution in [0.3, 0.4) is 0 Å². The topological polar surface area (TPSA) is 50.2 Å². The van der Waals surface area contributed by atoms with Crippen molar-refractivity contribution in [2.45, 2.75) is 45.1 Å². The summed E-state index contributed by atoms with van der Waals surface area (Å²) in [5, 5.41) is 7.99. The number of carbonyl (C=O) groups is 1. The normalized spacial score (nSPS) is 23.7. The van der Waals surface area contributed by atoms with E-state index in [1.807, 2.05) is 18.0 Å². The predicted octanol–water partition coefficient (Wildman–Crippen LogP) is 1.59. The molecular weight excluding hydrogens is 264 g/mol. The molecule has 3 heterocycles. The van der Waals surface area contributed by atoms with Gasteiger partial charge in [-0.25, -0.2) is 0 Å². The van der Waals surface area contributed by atoms with E-state index in [1.54, 1.807) is 4.68 Å². The van der Waals surface area contributed by atoms with Gasteiger partial charge in [0.25, 0.3) is 5.91 Å². The van der Waals surface area contributed by atoms with Crippen molar-refractivity contribution >= 4 is 5.91 Å². The smallest absolute Gasteiger partial charge is 0.272 e. The van der Waals surface area contributed by atoms with Crippen LogP contribution in [0.2, 0.25) is 0 Å². The van der Waals surface area contributed by atoms with Crippen LogP contribution < -0.4 is 5.32 Å². The van der Waals surface area contributed by atoms with Gasteiger partial charge in [0.1, 0.15) is 5.69 Å². The van der Waals surface area contributed by atoms with E-state index in [4.69, 9.17) is 0 Å². The zero-order valence-electron chi connectivity index (χ0n) is 13.1. The van der Waals surface area contributed by atoms with Crippen LogP contribution in [0.5, 0.6) is 0 Å². The molecule has 2 aliphatic rings. The molecule has 5 nitrogen and oxygen atoms in total. The average molecular weight is 290 g/mol. The number of nitrogens with zero attached hydrogens (tertiary/aromatic N) is 3. The highest BCUT2D eigenvalue weighted by molar-refractivity contribution is 5.92. The first-order valence-corrected chi connectivity index (χ1v) is 8.24. The molecule has 5 heteroatoms. The van der Waals surface area contributed by atoms with Crippen molar-refractivity contribution in [2.24, 2.45) is 13.0 Å². The van der Waals surface area contributed by atoms with E-state index in [0.29, 0.717) is 6.04 Å². The molecule has 1 N–H and O–H groups in total. The number of aryl methyl sites for hydroxylation is 2. The van der Waals surface area contributed by atoms with Crippen LogP contribution in [0.4, 0.5) is 0 Å². The molecule has 0 aromatic carbocycles. The third-order valence-corrected chi connectivity index (χ3v) is 5.01. The number of carbonyl (C=O) groups excluding carboxylic acids is 1. The molecule has 2 aliphatic heterocycles. The molecular formula is C16H26N4O. The van der Waals surface area contributed by atoms with Gasteiger partial charge in [-0.2, -0.15) is 5.10 Å². The Morgan fingerprint density at radius 3 is 2.71 bits per heavy atom. The molecule has 2 fully saturated rings. The van der Waals surface area contributed by atoms with Crippen molar-refractivity contribution in [1.29, 1.82) is 0 Å². The zero-order chi connectivity index (χ0) is 14.8.